The first-order valence-electron chi connectivity index (χ1n) is 9.04. The van der Waals surface area contributed by atoms with Gasteiger partial charge in [-0.15, -0.1) is 0 Å². The second-order valence-electron chi connectivity index (χ2n) is 7.17. The number of rotatable bonds is 5. The van der Waals surface area contributed by atoms with Crippen LogP contribution in [0.15, 0.2) is 35.2 Å². The van der Waals surface area contributed by atoms with E-state index in [1.165, 1.54) is 6.07 Å². The first-order valence-corrected chi connectivity index (χ1v) is 10.5. The van der Waals surface area contributed by atoms with Crippen LogP contribution in [0.2, 0.25) is 0 Å². The van der Waals surface area contributed by atoms with Crippen molar-refractivity contribution in [2.24, 2.45) is 0 Å². The molecule has 32 heavy (non-hydrogen) atoms. The molecule has 0 radical (unpaired) electrons. The number of sulfonamides is 1. The van der Waals surface area contributed by atoms with Gasteiger partial charge in [0.15, 0.2) is 0 Å². The van der Waals surface area contributed by atoms with Gasteiger partial charge in [0, 0.05) is 12.6 Å². The molecule has 1 aromatic carbocycles. The molecule has 0 amide bonds. The Hall–Kier alpha value is -2.79. The number of aromatic nitrogens is 1. The second kappa shape index (κ2) is 8.28. The molecule has 3 rings (SSSR count). The fourth-order valence-electron chi connectivity index (χ4n) is 3.24. The summed E-state index contributed by atoms with van der Waals surface area (Å²) in [4.78, 5) is 5.77. The molecule has 2 atom stereocenters. The molecule has 0 spiro atoms. The molecule has 1 fully saturated rings. The smallest absolute Gasteiger partial charge is 0.433 e. The zero-order chi connectivity index (χ0) is 23.9. The zero-order valence-electron chi connectivity index (χ0n) is 16.5. The van der Waals surface area contributed by atoms with E-state index >= 15 is 0 Å². The van der Waals surface area contributed by atoms with Crippen molar-refractivity contribution in [2.75, 3.05) is 19.7 Å². The quantitative estimate of drug-likeness (QED) is 0.508. The lowest BCUT2D eigenvalue weighted by Crippen LogP contribution is -2.48. The summed E-state index contributed by atoms with van der Waals surface area (Å²) in [6, 6.07) is 4.56. The fourth-order valence-corrected chi connectivity index (χ4v) is 4.90. The molecule has 0 saturated carbocycles. The second-order valence-corrected chi connectivity index (χ2v) is 9.07. The van der Waals surface area contributed by atoms with Gasteiger partial charge in [0.25, 0.3) is 0 Å². The lowest BCUT2D eigenvalue weighted by molar-refractivity contribution is -0.141. The van der Waals surface area contributed by atoms with E-state index in [1.807, 2.05) is 0 Å². The molecule has 1 saturated heterocycles. The summed E-state index contributed by atoms with van der Waals surface area (Å²) in [7, 11) is -4.42. The minimum atomic E-state index is -4.76. The van der Waals surface area contributed by atoms with E-state index in [0.29, 0.717) is 6.07 Å². The average molecular weight is 475 g/mol. The molecule has 2 aromatic rings. The van der Waals surface area contributed by atoms with Crippen molar-refractivity contribution < 1.29 is 40.9 Å². The molecule has 2 N–H and O–H groups in total. The normalized spacial score (nSPS) is 22.0. The number of hydrogen-bond acceptors (Lipinski definition) is 6. The molecule has 0 unspecified atom stereocenters. The van der Waals surface area contributed by atoms with Crippen LogP contribution < -0.4 is 4.74 Å². The number of ether oxygens (including phenoxy) is 1. The van der Waals surface area contributed by atoms with E-state index in [9.17, 15) is 36.2 Å². The largest absolute Gasteiger partial charge is 0.486 e. The Morgan fingerprint density at radius 1 is 1.34 bits per heavy atom. The Morgan fingerprint density at radius 2 is 2.03 bits per heavy atom. The van der Waals surface area contributed by atoms with Crippen molar-refractivity contribution in [1.29, 1.82) is 0 Å². The predicted molar refractivity (Wildman–Crippen MR) is 102 cm³/mol. The van der Waals surface area contributed by atoms with Gasteiger partial charge in [0.1, 0.15) is 33.9 Å². The van der Waals surface area contributed by atoms with E-state index in [0.717, 1.165) is 29.4 Å². The summed E-state index contributed by atoms with van der Waals surface area (Å²) in [6.45, 7) is 5.94. The number of nitrogens with zero attached hydrogens (tertiary/aromatic N) is 3. The predicted octanol–water partition coefficient (Wildman–Crippen LogP) is 2.27. The molecule has 8 nitrogen and oxygen atoms in total. The van der Waals surface area contributed by atoms with Crippen LogP contribution in [0.1, 0.15) is 11.4 Å². The highest BCUT2D eigenvalue weighted by Crippen LogP contribution is 2.34. The monoisotopic (exact) mass is 475 g/mol. The number of aryl methyl sites for hydroxylation is 1. The first kappa shape index (κ1) is 23.9. The van der Waals surface area contributed by atoms with Crippen LogP contribution in [-0.2, 0) is 16.2 Å². The van der Waals surface area contributed by atoms with Crippen LogP contribution in [0.4, 0.5) is 23.2 Å². The van der Waals surface area contributed by atoms with Crippen LogP contribution in [0.25, 0.3) is 4.85 Å². The van der Waals surface area contributed by atoms with E-state index in [-0.39, 0.29) is 11.4 Å². The third-order valence-corrected chi connectivity index (χ3v) is 6.90. The van der Waals surface area contributed by atoms with E-state index in [4.69, 9.17) is 11.3 Å². The van der Waals surface area contributed by atoms with Gasteiger partial charge in [-0.2, -0.15) is 17.5 Å². The topological polar surface area (TPSA) is 104 Å². The van der Waals surface area contributed by atoms with Gasteiger partial charge < -0.3 is 14.9 Å². The minimum Gasteiger partial charge on any atom is -0.486 e. The van der Waals surface area contributed by atoms with Crippen molar-refractivity contribution in [3.63, 3.8) is 0 Å². The van der Waals surface area contributed by atoms with Crippen LogP contribution in [0.5, 0.6) is 5.75 Å². The van der Waals surface area contributed by atoms with Crippen LogP contribution in [0, 0.1) is 19.3 Å². The number of halogens is 4. The van der Waals surface area contributed by atoms with Crippen molar-refractivity contribution in [3.8, 4) is 5.75 Å². The third-order valence-electron chi connectivity index (χ3n) is 4.96. The lowest BCUT2D eigenvalue weighted by Gasteiger charge is -2.27. The summed E-state index contributed by atoms with van der Waals surface area (Å²) in [5.41, 5.74) is -3.99. The number of β-amino-alcohol motifs (C(OH)–C–C–N with tert-alkyl or cyclic N) is 1. The van der Waals surface area contributed by atoms with Gasteiger partial charge in [-0.1, -0.05) is 0 Å². The van der Waals surface area contributed by atoms with Gasteiger partial charge in [0.2, 0.25) is 15.7 Å². The summed E-state index contributed by atoms with van der Waals surface area (Å²) < 4.78 is 84.6. The standard InChI is InChI=1S/C19H17F4N3O5S/c1-11-15(5-6-16(25-11)19(21,22)23)32(29,30)26-8-17(18(28,9-26)10-27)31-12-3-4-14(24-2)13(20)7-12/h3-7,17,27-28H,8-10H2,1H3/t17-,18+/m0/s1. The fraction of sp³-hybridized carbons (Fsp3) is 0.368. The zero-order valence-corrected chi connectivity index (χ0v) is 17.3. The molecule has 1 aliphatic rings. The average Bonchev–Trinajstić information content (AvgIpc) is 3.05. The van der Waals surface area contributed by atoms with Gasteiger partial charge in [-0.05, 0) is 31.2 Å². The maximum absolute atomic E-state index is 13.8. The highest BCUT2D eigenvalue weighted by atomic mass is 32.2. The third kappa shape index (κ3) is 4.40. The number of hydrogen-bond donors (Lipinski definition) is 2. The number of aliphatic hydroxyl groups is 2. The molecule has 0 aliphatic carbocycles. The van der Waals surface area contributed by atoms with Crippen LogP contribution in [-0.4, -0.2) is 59.3 Å². The van der Waals surface area contributed by atoms with E-state index < -0.39 is 69.7 Å². The Balaban J connectivity index is 1.90. The molecular weight excluding hydrogens is 458 g/mol. The molecule has 1 aliphatic heterocycles. The van der Waals surface area contributed by atoms with Gasteiger partial charge in [0.05, 0.1) is 25.4 Å². The summed E-state index contributed by atoms with van der Waals surface area (Å²) in [5.74, 6) is -1.00. The number of aliphatic hydroxyl groups excluding tert-OH is 1. The minimum absolute atomic E-state index is 0.113. The first-order chi connectivity index (χ1) is 14.8. The summed E-state index contributed by atoms with van der Waals surface area (Å²) in [6.07, 6.45) is -6.09. The molecular formula is C19H17F4N3O5S. The van der Waals surface area contributed by atoms with Crippen molar-refractivity contribution >= 4 is 15.7 Å². The Morgan fingerprint density at radius 3 is 2.56 bits per heavy atom. The molecule has 2 heterocycles. The van der Waals surface area contributed by atoms with E-state index in [2.05, 4.69) is 9.83 Å². The van der Waals surface area contributed by atoms with Gasteiger partial charge in [-0.3, -0.25) is 0 Å². The number of benzene rings is 1. The Bertz CT molecular complexity index is 1180. The molecule has 172 valence electrons. The van der Waals surface area contributed by atoms with Crippen molar-refractivity contribution in [2.45, 2.75) is 29.7 Å². The highest BCUT2D eigenvalue weighted by Gasteiger charge is 2.51. The molecule has 1 aromatic heterocycles. The Labute approximate surface area is 180 Å². The maximum Gasteiger partial charge on any atom is 0.433 e. The summed E-state index contributed by atoms with van der Waals surface area (Å²) in [5, 5.41) is 20.3. The Kier molecular flexibility index (Phi) is 6.18. The highest BCUT2D eigenvalue weighted by molar-refractivity contribution is 7.89. The van der Waals surface area contributed by atoms with Gasteiger partial charge in [-0.25, -0.2) is 22.6 Å². The van der Waals surface area contributed by atoms with Crippen LogP contribution >= 0.6 is 0 Å². The maximum atomic E-state index is 13.8. The van der Waals surface area contributed by atoms with Crippen molar-refractivity contribution in [1.82, 2.24) is 9.29 Å². The van der Waals surface area contributed by atoms with Gasteiger partial charge >= 0.3 is 6.18 Å². The van der Waals surface area contributed by atoms with E-state index in [1.54, 1.807) is 0 Å². The number of pyridine rings is 1. The SMILES string of the molecule is [C-]#[N+]c1ccc(O[C@H]2CN(S(=O)(=O)c3ccc(C(F)(F)F)nc3C)C[C@@]2(O)CO)cc1F. The number of alkyl halides is 3. The van der Waals surface area contributed by atoms with Crippen LogP contribution in [0.3, 0.4) is 0 Å². The summed E-state index contributed by atoms with van der Waals surface area (Å²) >= 11 is 0. The molecule has 13 heteroatoms. The molecule has 0 bridgehead atoms. The van der Waals surface area contributed by atoms with Crippen molar-refractivity contribution in [3.05, 3.63) is 59.0 Å². The lowest BCUT2D eigenvalue weighted by atomic mass is 10.0.